The summed E-state index contributed by atoms with van der Waals surface area (Å²) in [4.78, 5) is 11.8. The van der Waals surface area contributed by atoms with Crippen LogP contribution in [0.2, 0.25) is 10.0 Å². The number of nitrogens with two attached hydrogens (primary N) is 1. The predicted octanol–water partition coefficient (Wildman–Crippen LogP) is 1.43. The van der Waals surface area contributed by atoms with E-state index in [1.165, 1.54) is 0 Å². The number of hydrogen-bond acceptors (Lipinski definition) is 3. The van der Waals surface area contributed by atoms with Gasteiger partial charge in [0.15, 0.2) is 0 Å². The lowest BCUT2D eigenvalue weighted by molar-refractivity contribution is 0.0937. The van der Waals surface area contributed by atoms with Crippen molar-refractivity contribution < 1.29 is 9.90 Å². The zero-order valence-corrected chi connectivity index (χ0v) is 10.8. The van der Waals surface area contributed by atoms with E-state index in [0.717, 1.165) is 0 Å². The highest BCUT2D eigenvalue weighted by atomic mass is 35.5. The first-order valence-electron chi connectivity index (χ1n) is 5.09. The maximum Gasteiger partial charge on any atom is 0.252 e. The van der Waals surface area contributed by atoms with Crippen LogP contribution < -0.4 is 11.1 Å². The molecule has 4 N–H and O–H groups in total. The van der Waals surface area contributed by atoms with Gasteiger partial charge in [0.1, 0.15) is 0 Å². The van der Waals surface area contributed by atoms with Crippen molar-refractivity contribution in [3.63, 3.8) is 0 Å². The van der Waals surface area contributed by atoms with Crippen LogP contribution in [0.1, 0.15) is 17.3 Å². The highest BCUT2D eigenvalue weighted by Gasteiger charge is 2.15. The summed E-state index contributed by atoms with van der Waals surface area (Å²) in [6.45, 7) is 1.72. The summed E-state index contributed by atoms with van der Waals surface area (Å²) in [7, 11) is 0. The standard InChI is InChI=1S/C11H14Cl2N2O2/c1-6(16)9(14)5-15-11(17)7-3-2-4-8(12)10(7)13/h2-4,6,9,16H,5,14H2,1H3,(H,15,17). The molecule has 1 aromatic carbocycles. The van der Waals surface area contributed by atoms with Gasteiger partial charge < -0.3 is 16.2 Å². The summed E-state index contributed by atoms with van der Waals surface area (Å²) in [6, 6.07) is 4.29. The first-order valence-corrected chi connectivity index (χ1v) is 5.85. The van der Waals surface area contributed by atoms with Crippen molar-refractivity contribution in [3.05, 3.63) is 33.8 Å². The number of carbonyl (C=O) groups is 1. The molecule has 6 heteroatoms. The van der Waals surface area contributed by atoms with E-state index in [-0.39, 0.29) is 23.0 Å². The van der Waals surface area contributed by atoms with E-state index in [0.29, 0.717) is 5.02 Å². The van der Waals surface area contributed by atoms with Crippen LogP contribution in [0.15, 0.2) is 18.2 Å². The first-order chi connectivity index (χ1) is 7.93. The molecule has 0 fully saturated rings. The fraction of sp³-hybridized carbons (Fsp3) is 0.364. The quantitative estimate of drug-likeness (QED) is 0.779. The summed E-state index contributed by atoms with van der Waals surface area (Å²) < 4.78 is 0. The van der Waals surface area contributed by atoms with Crippen LogP contribution in [0.3, 0.4) is 0 Å². The van der Waals surface area contributed by atoms with Gasteiger partial charge in [0.05, 0.1) is 21.7 Å². The van der Waals surface area contributed by atoms with Crippen molar-refractivity contribution in [2.24, 2.45) is 5.73 Å². The number of nitrogens with one attached hydrogen (secondary N) is 1. The van der Waals surface area contributed by atoms with Crippen LogP contribution in [0.5, 0.6) is 0 Å². The molecule has 0 spiro atoms. The lowest BCUT2D eigenvalue weighted by Crippen LogP contribution is -2.43. The van der Waals surface area contributed by atoms with Crippen LogP contribution in [0.4, 0.5) is 0 Å². The van der Waals surface area contributed by atoms with Crippen molar-refractivity contribution in [1.29, 1.82) is 0 Å². The second kappa shape index (κ2) is 6.21. The van der Waals surface area contributed by atoms with Gasteiger partial charge in [-0.2, -0.15) is 0 Å². The van der Waals surface area contributed by atoms with E-state index in [1.807, 2.05) is 0 Å². The van der Waals surface area contributed by atoms with Crippen molar-refractivity contribution >= 4 is 29.1 Å². The lowest BCUT2D eigenvalue weighted by atomic mass is 10.1. The Bertz CT molecular complexity index is 410. The first kappa shape index (κ1) is 14.3. The molecule has 0 aliphatic heterocycles. The Morgan fingerprint density at radius 2 is 2.18 bits per heavy atom. The molecule has 94 valence electrons. The number of aliphatic hydroxyl groups is 1. The summed E-state index contributed by atoms with van der Waals surface area (Å²) in [5.74, 6) is -0.367. The smallest absolute Gasteiger partial charge is 0.252 e. The van der Waals surface area contributed by atoms with Gasteiger partial charge in [0.25, 0.3) is 5.91 Å². The third-order valence-corrected chi connectivity index (χ3v) is 3.13. The van der Waals surface area contributed by atoms with Gasteiger partial charge in [-0.3, -0.25) is 4.79 Å². The van der Waals surface area contributed by atoms with Crippen molar-refractivity contribution in [2.75, 3.05) is 6.54 Å². The largest absolute Gasteiger partial charge is 0.392 e. The minimum absolute atomic E-state index is 0.166. The van der Waals surface area contributed by atoms with Crippen LogP contribution in [0.25, 0.3) is 0 Å². The minimum Gasteiger partial charge on any atom is -0.392 e. The van der Waals surface area contributed by atoms with E-state index in [2.05, 4.69) is 5.32 Å². The van der Waals surface area contributed by atoms with E-state index in [4.69, 9.17) is 28.9 Å². The molecular weight excluding hydrogens is 263 g/mol. The SMILES string of the molecule is CC(O)C(N)CNC(=O)c1cccc(Cl)c1Cl. The fourth-order valence-corrected chi connectivity index (χ4v) is 1.54. The second-order valence-corrected chi connectivity index (χ2v) is 4.50. The Hall–Kier alpha value is -0.810. The maximum atomic E-state index is 11.8. The molecule has 2 unspecified atom stereocenters. The van der Waals surface area contributed by atoms with Crippen molar-refractivity contribution in [2.45, 2.75) is 19.1 Å². The summed E-state index contributed by atoms with van der Waals surface area (Å²) in [5.41, 5.74) is 5.88. The second-order valence-electron chi connectivity index (χ2n) is 3.72. The zero-order chi connectivity index (χ0) is 13.0. The molecule has 0 saturated carbocycles. The third-order valence-electron chi connectivity index (χ3n) is 2.31. The molecule has 1 rings (SSSR count). The number of amides is 1. The predicted molar refractivity (Wildman–Crippen MR) is 68.5 cm³/mol. The van der Waals surface area contributed by atoms with Crippen LogP contribution in [0, 0.1) is 0 Å². The van der Waals surface area contributed by atoms with Crippen LogP contribution in [-0.4, -0.2) is 29.7 Å². The molecule has 1 aromatic rings. The van der Waals surface area contributed by atoms with E-state index in [1.54, 1.807) is 25.1 Å². The molecular formula is C11H14Cl2N2O2. The maximum absolute atomic E-state index is 11.8. The Labute approximate surface area is 110 Å². The topological polar surface area (TPSA) is 75.3 Å². The summed E-state index contributed by atoms with van der Waals surface area (Å²) in [6.07, 6.45) is -0.690. The van der Waals surface area contributed by atoms with Gasteiger partial charge in [0.2, 0.25) is 0 Å². The number of aliphatic hydroxyl groups excluding tert-OH is 1. The molecule has 1 amide bonds. The lowest BCUT2D eigenvalue weighted by Gasteiger charge is -2.15. The molecule has 4 nitrogen and oxygen atoms in total. The number of carbonyl (C=O) groups excluding carboxylic acids is 1. The van der Waals surface area contributed by atoms with E-state index in [9.17, 15) is 9.90 Å². The van der Waals surface area contributed by atoms with E-state index < -0.39 is 12.1 Å². The Balaban J connectivity index is 2.68. The normalized spacial score (nSPS) is 14.2. The molecule has 0 aliphatic carbocycles. The van der Waals surface area contributed by atoms with Crippen molar-refractivity contribution in [3.8, 4) is 0 Å². The molecule has 0 aromatic heterocycles. The van der Waals surface area contributed by atoms with Crippen molar-refractivity contribution in [1.82, 2.24) is 5.32 Å². The molecule has 0 bridgehead atoms. The summed E-state index contributed by atoms with van der Waals surface area (Å²) >= 11 is 11.7. The fourth-order valence-electron chi connectivity index (χ4n) is 1.16. The number of hydrogen-bond donors (Lipinski definition) is 3. The summed E-state index contributed by atoms with van der Waals surface area (Å²) in [5, 5.41) is 12.3. The van der Waals surface area contributed by atoms with Crippen LogP contribution >= 0.6 is 23.2 Å². The number of rotatable bonds is 4. The zero-order valence-electron chi connectivity index (χ0n) is 9.28. The highest BCUT2D eigenvalue weighted by Crippen LogP contribution is 2.25. The Kier molecular flexibility index (Phi) is 5.21. The van der Waals surface area contributed by atoms with E-state index >= 15 is 0 Å². The molecule has 0 aliphatic rings. The monoisotopic (exact) mass is 276 g/mol. The number of halogens is 2. The van der Waals surface area contributed by atoms with Gasteiger partial charge in [-0.15, -0.1) is 0 Å². The van der Waals surface area contributed by atoms with Gasteiger partial charge in [-0.25, -0.2) is 0 Å². The van der Waals surface area contributed by atoms with Gasteiger partial charge in [0, 0.05) is 12.6 Å². The van der Waals surface area contributed by atoms with Crippen LogP contribution in [-0.2, 0) is 0 Å². The minimum atomic E-state index is -0.690. The van der Waals surface area contributed by atoms with Gasteiger partial charge in [-0.05, 0) is 19.1 Å². The highest BCUT2D eigenvalue weighted by molar-refractivity contribution is 6.43. The van der Waals surface area contributed by atoms with Gasteiger partial charge in [-0.1, -0.05) is 29.3 Å². The number of benzene rings is 1. The Morgan fingerprint density at radius 1 is 1.53 bits per heavy atom. The van der Waals surface area contributed by atoms with Gasteiger partial charge >= 0.3 is 0 Å². The third kappa shape index (κ3) is 3.85. The molecule has 0 heterocycles. The average molecular weight is 277 g/mol. The molecule has 2 atom stereocenters. The molecule has 0 saturated heterocycles. The average Bonchev–Trinajstić information content (AvgIpc) is 2.29. The Morgan fingerprint density at radius 3 is 2.76 bits per heavy atom. The molecule has 17 heavy (non-hydrogen) atoms. The molecule has 0 radical (unpaired) electrons.